The Morgan fingerprint density at radius 3 is 1.66 bits per heavy atom. The van der Waals surface area contributed by atoms with E-state index >= 15 is 13.2 Å². The molecule has 0 saturated carbocycles. The molecule has 6 aromatic carbocycles. The van der Waals surface area contributed by atoms with Crippen LogP contribution in [0.25, 0.3) is 93.7 Å². The molecule has 0 aliphatic heterocycles. The van der Waals surface area contributed by atoms with Crippen LogP contribution in [0.2, 0.25) is 0 Å². The normalized spacial score (nSPS) is 11.7. The number of hydrogen-bond donors (Lipinski definition) is 0. The van der Waals surface area contributed by atoms with E-state index in [1.807, 2.05) is 94.1 Å². The van der Waals surface area contributed by atoms with Crippen LogP contribution in [0.5, 0.6) is 0 Å². The summed E-state index contributed by atoms with van der Waals surface area (Å²) in [6.07, 6.45) is 1.79. The van der Waals surface area contributed by atoms with Crippen LogP contribution in [-0.2, 0) is 6.18 Å². The monoisotopic (exact) mass is 758 g/mol. The maximum atomic E-state index is 15.1. The van der Waals surface area contributed by atoms with Crippen LogP contribution >= 0.6 is 0 Å². The maximum Gasteiger partial charge on any atom is 0.415 e. The highest BCUT2D eigenvalue weighted by atomic mass is 19.4. The molecule has 10 aromatic rings. The number of alkyl halides is 3. The number of hydrogen-bond acceptors (Lipinski definition) is 5. The summed E-state index contributed by atoms with van der Waals surface area (Å²) in [5.41, 5.74) is 3.48. The van der Waals surface area contributed by atoms with Gasteiger partial charge in [0.25, 0.3) is 0 Å². The van der Waals surface area contributed by atoms with Crippen LogP contribution in [0, 0.1) is 17.9 Å². The fourth-order valence-corrected chi connectivity index (χ4v) is 8.08. The molecule has 0 radical (unpaired) electrons. The van der Waals surface area contributed by atoms with Crippen LogP contribution < -0.4 is 0 Å². The Balaban J connectivity index is 1.39. The molecule has 0 N–H and O–H groups in total. The second kappa shape index (κ2) is 13.3. The van der Waals surface area contributed by atoms with Gasteiger partial charge in [-0.05, 0) is 48.0 Å². The van der Waals surface area contributed by atoms with E-state index in [1.54, 1.807) is 49.1 Å². The molecule has 0 saturated heterocycles. The minimum atomic E-state index is -4.82. The molecule has 0 fully saturated rings. The molecule has 4 heterocycles. The maximum absolute atomic E-state index is 15.1. The summed E-state index contributed by atoms with van der Waals surface area (Å²) >= 11 is 0. The minimum Gasteiger partial charge on any atom is -0.308 e. The predicted molar refractivity (Wildman–Crippen MR) is 219 cm³/mol. The summed E-state index contributed by atoms with van der Waals surface area (Å²) in [7, 11) is 0. The van der Waals surface area contributed by atoms with E-state index in [4.69, 9.17) is 6.57 Å². The first kappa shape index (κ1) is 34.3. The van der Waals surface area contributed by atoms with E-state index in [0.717, 1.165) is 44.2 Å². The van der Waals surface area contributed by atoms with Crippen molar-refractivity contribution in [3.8, 4) is 51.3 Å². The number of para-hydroxylation sites is 2. The molecule has 0 aliphatic carbocycles. The smallest absolute Gasteiger partial charge is 0.308 e. The number of rotatable bonds is 5. The molecule has 0 bridgehead atoms. The standard InChI is InChI=1S/C47H25F3N8/c1-52-37-12-6-11-36(47(48,49)50)43(37)34-19-20-40(57-38-13-4-2-9-30(38)32-17-15-28(25-41(32)57)45-53-21-7-22-54-45)35(27-51)44(34)58-39-14-5-3-10-31(39)33-18-16-29(26-42(33)58)46-55-23-8-24-56-46/h2-26H. The summed E-state index contributed by atoms with van der Waals surface area (Å²) in [5, 5.41) is 14.9. The molecule has 8 nitrogen and oxygen atoms in total. The third-order valence-corrected chi connectivity index (χ3v) is 10.5. The van der Waals surface area contributed by atoms with Gasteiger partial charge < -0.3 is 9.13 Å². The summed E-state index contributed by atoms with van der Waals surface area (Å²) in [6.45, 7) is 8.05. The van der Waals surface area contributed by atoms with Crippen molar-refractivity contribution >= 4 is 49.3 Å². The van der Waals surface area contributed by atoms with Gasteiger partial charge in [-0.15, -0.1) is 0 Å². The van der Waals surface area contributed by atoms with Crippen molar-refractivity contribution in [3.63, 3.8) is 0 Å². The van der Waals surface area contributed by atoms with Gasteiger partial charge in [0.2, 0.25) is 0 Å². The van der Waals surface area contributed by atoms with Crippen LogP contribution in [0.4, 0.5) is 18.9 Å². The highest BCUT2D eigenvalue weighted by molar-refractivity contribution is 6.13. The average molecular weight is 759 g/mol. The fraction of sp³-hybridized carbons (Fsp3) is 0.0213. The predicted octanol–water partition coefficient (Wildman–Crippen LogP) is 11.9. The lowest BCUT2D eigenvalue weighted by Crippen LogP contribution is -2.10. The van der Waals surface area contributed by atoms with Crippen molar-refractivity contribution in [1.29, 1.82) is 5.26 Å². The van der Waals surface area contributed by atoms with E-state index < -0.39 is 11.7 Å². The first-order valence-corrected chi connectivity index (χ1v) is 18.1. The largest absolute Gasteiger partial charge is 0.415 e. The van der Waals surface area contributed by atoms with Crippen molar-refractivity contribution < 1.29 is 13.2 Å². The molecule has 10 rings (SSSR count). The lowest BCUT2D eigenvalue weighted by Gasteiger charge is -2.22. The summed E-state index contributed by atoms with van der Waals surface area (Å²) in [5.74, 6) is 0.966. The second-order valence-corrected chi connectivity index (χ2v) is 13.6. The number of aromatic nitrogens is 6. The van der Waals surface area contributed by atoms with Gasteiger partial charge in [0.1, 0.15) is 11.6 Å². The van der Waals surface area contributed by atoms with E-state index in [-0.39, 0.29) is 28.1 Å². The Bertz CT molecular complexity index is 3360. The van der Waals surface area contributed by atoms with Gasteiger partial charge in [-0.2, -0.15) is 18.4 Å². The van der Waals surface area contributed by atoms with Crippen LogP contribution in [0.15, 0.2) is 152 Å². The Morgan fingerprint density at radius 1 is 0.569 bits per heavy atom. The topological polar surface area (TPSA) is 89.6 Å². The third-order valence-electron chi connectivity index (χ3n) is 10.5. The molecule has 0 amide bonds. The van der Waals surface area contributed by atoms with Crippen molar-refractivity contribution in [1.82, 2.24) is 29.1 Å². The van der Waals surface area contributed by atoms with Gasteiger partial charge in [0.15, 0.2) is 17.3 Å². The highest BCUT2D eigenvalue weighted by Crippen LogP contribution is 2.48. The Hall–Kier alpha value is -8.15. The first-order chi connectivity index (χ1) is 28.4. The molecule has 58 heavy (non-hydrogen) atoms. The zero-order valence-electron chi connectivity index (χ0n) is 30.1. The number of nitrogens with zero attached hydrogens (tertiary/aromatic N) is 8. The fourth-order valence-electron chi connectivity index (χ4n) is 8.08. The van der Waals surface area contributed by atoms with Gasteiger partial charge >= 0.3 is 6.18 Å². The van der Waals surface area contributed by atoms with Crippen LogP contribution in [0.1, 0.15) is 11.1 Å². The van der Waals surface area contributed by atoms with Gasteiger partial charge in [0.05, 0.1) is 45.6 Å². The minimum absolute atomic E-state index is 0.0717. The van der Waals surface area contributed by atoms with Crippen LogP contribution in [0.3, 0.4) is 0 Å². The van der Waals surface area contributed by atoms with E-state index in [0.29, 0.717) is 33.9 Å². The summed E-state index contributed by atoms with van der Waals surface area (Å²) in [4.78, 5) is 21.5. The van der Waals surface area contributed by atoms with Crippen molar-refractivity contribution in [2.24, 2.45) is 0 Å². The Labute approximate surface area is 328 Å². The van der Waals surface area contributed by atoms with Crippen molar-refractivity contribution in [2.75, 3.05) is 0 Å². The molecule has 4 aromatic heterocycles. The van der Waals surface area contributed by atoms with Crippen LogP contribution in [-0.4, -0.2) is 29.1 Å². The molecular weight excluding hydrogens is 734 g/mol. The van der Waals surface area contributed by atoms with E-state index in [2.05, 4.69) is 30.9 Å². The lowest BCUT2D eigenvalue weighted by molar-refractivity contribution is -0.137. The zero-order chi connectivity index (χ0) is 39.5. The zero-order valence-corrected chi connectivity index (χ0v) is 30.1. The van der Waals surface area contributed by atoms with E-state index in [1.165, 1.54) is 12.1 Å². The van der Waals surface area contributed by atoms with Gasteiger partial charge in [0, 0.05) is 63.0 Å². The Kier molecular flexibility index (Phi) is 7.85. The molecule has 0 unspecified atom stereocenters. The molecule has 274 valence electrons. The summed E-state index contributed by atoms with van der Waals surface area (Å²) in [6, 6.07) is 39.7. The highest BCUT2D eigenvalue weighted by Gasteiger charge is 2.36. The number of halogens is 3. The molecule has 0 atom stereocenters. The molecule has 0 spiro atoms. The number of fused-ring (bicyclic) bond motifs is 6. The molecular formula is C47H25F3N8. The number of benzene rings is 6. The van der Waals surface area contributed by atoms with Gasteiger partial charge in [-0.1, -0.05) is 84.9 Å². The van der Waals surface area contributed by atoms with Crippen molar-refractivity contribution in [3.05, 3.63) is 175 Å². The molecule has 0 aliphatic rings. The summed E-state index contributed by atoms with van der Waals surface area (Å²) < 4.78 is 49.0. The van der Waals surface area contributed by atoms with Gasteiger partial charge in [-0.3, -0.25) is 0 Å². The average Bonchev–Trinajstić information content (AvgIpc) is 3.77. The SMILES string of the molecule is [C-]#[N+]c1cccc(C(F)(F)F)c1-c1ccc(-n2c3ccccc3c3ccc(-c4ncccn4)cc32)c(C#N)c1-n1c2ccccc2c2ccc(-c3ncccn3)cc21. The first-order valence-electron chi connectivity index (χ1n) is 18.1. The molecule has 11 heteroatoms. The lowest BCUT2D eigenvalue weighted by atomic mass is 9.92. The second-order valence-electron chi connectivity index (χ2n) is 13.6. The number of nitriles is 1. The Morgan fingerprint density at radius 2 is 1.10 bits per heavy atom. The van der Waals surface area contributed by atoms with Gasteiger partial charge in [-0.25, -0.2) is 24.8 Å². The third kappa shape index (κ3) is 5.29. The van der Waals surface area contributed by atoms with E-state index in [9.17, 15) is 5.26 Å². The van der Waals surface area contributed by atoms with Crippen molar-refractivity contribution in [2.45, 2.75) is 6.18 Å². The quantitative estimate of drug-likeness (QED) is 0.163.